The molecule has 1 aliphatic heterocycles. The van der Waals surface area contributed by atoms with Crippen molar-refractivity contribution in [1.82, 2.24) is 25.6 Å². The lowest BCUT2D eigenvalue weighted by Crippen LogP contribution is -2.30. The van der Waals surface area contributed by atoms with Gasteiger partial charge in [-0.3, -0.25) is 4.79 Å². The highest BCUT2D eigenvalue weighted by Crippen LogP contribution is 2.24. The van der Waals surface area contributed by atoms with Crippen molar-refractivity contribution in [3.63, 3.8) is 0 Å². The molecular formula is C21H22ClF2N5O. The first kappa shape index (κ1) is 21.9. The molecule has 0 unspecified atom stereocenters. The quantitative estimate of drug-likeness (QED) is 0.646. The second-order valence-electron chi connectivity index (χ2n) is 7.07. The number of hydrogen-bond acceptors (Lipinski definition) is 4. The zero-order chi connectivity index (χ0) is 20.2. The second kappa shape index (κ2) is 9.77. The maximum absolute atomic E-state index is 13.4. The number of benzene rings is 2. The fraction of sp³-hybridized carbons (Fsp3) is 0.286. The molecule has 2 N–H and O–H groups in total. The summed E-state index contributed by atoms with van der Waals surface area (Å²) in [4.78, 5) is 12.8. The topological polar surface area (TPSA) is 71.8 Å². The number of piperidine rings is 1. The standard InChI is InChI=1S/C21H21F2N5O.ClH/c22-16-5-1-14(2-6-16)20(15-3-7-17(23)8-4-15)25-21(29)19-13-28(27-26-19)18-9-11-24-12-10-18;/h1-8,13,18,20,24H,9-12H2,(H,25,29);1H. The van der Waals surface area contributed by atoms with E-state index in [-0.39, 0.29) is 35.8 Å². The van der Waals surface area contributed by atoms with Crippen molar-refractivity contribution in [2.45, 2.75) is 24.9 Å². The molecule has 30 heavy (non-hydrogen) atoms. The molecule has 1 aliphatic rings. The smallest absolute Gasteiger partial charge is 0.274 e. The van der Waals surface area contributed by atoms with Crippen molar-refractivity contribution in [2.75, 3.05) is 13.1 Å². The molecule has 0 atom stereocenters. The van der Waals surface area contributed by atoms with E-state index < -0.39 is 11.9 Å². The third kappa shape index (κ3) is 5.01. The molecule has 6 nitrogen and oxygen atoms in total. The average molecular weight is 434 g/mol. The number of nitrogens with zero attached hydrogens (tertiary/aromatic N) is 3. The van der Waals surface area contributed by atoms with Crippen molar-refractivity contribution in [2.24, 2.45) is 0 Å². The van der Waals surface area contributed by atoms with Crippen LogP contribution in [0.3, 0.4) is 0 Å². The minimum absolute atomic E-state index is 0. The first-order valence-corrected chi connectivity index (χ1v) is 9.54. The van der Waals surface area contributed by atoms with Crippen LogP contribution in [0.5, 0.6) is 0 Å². The van der Waals surface area contributed by atoms with Gasteiger partial charge in [0.2, 0.25) is 0 Å². The Morgan fingerprint density at radius 3 is 2.07 bits per heavy atom. The van der Waals surface area contributed by atoms with Crippen LogP contribution in [0.2, 0.25) is 0 Å². The molecule has 0 aliphatic carbocycles. The van der Waals surface area contributed by atoms with Crippen LogP contribution in [-0.2, 0) is 0 Å². The van der Waals surface area contributed by atoms with Crippen molar-refractivity contribution in [3.8, 4) is 0 Å². The Kier molecular flexibility index (Phi) is 7.12. The van der Waals surface area contributed by atoms with E-state index in [0.717, 1.165) is 25.9 Å². The highest BCUT2D eigenvalue weighted by molar-refractivity contribution is 5.92. The molecule has 1 fully saturated rings. The van der Waals surface area contributed by atoms with Gasteiger partial charge in [0.1, 0.15) is 11.6 Å². The number of carbonyl (C=O) groups excluding carboxylic acids is 1. The molecule has 0 saturated carbocycles. The largest absolute Gasteiger partial charge is 0.340 e. The molecular weight excluding hydrogens is 412 g/mol. The lowest BCUT2D eigenvalue weighted by Gasteiger charge is -2.22. The monoisotopic (exact) mass is 433 g/mol. The maximum Gasteiger partial charge on any atom is 0.274 e. The van der Waals surface area contributed by atoms with Gasteiger partial charge in [0.15, 0.2) is 5.69 Å². The number of aromatic nitrogens is 3. The van der Waals surface area contributed by atoms with Gasteiger partial charge in [-0.05, 0) is 61.3 Å². The molecule has 0 radical (unpaired) electrons. The number of amides is 1. The van der Waals surface area contributed by atoms with Crippen LogP contribution in [0.4, 0.5) is 8.78 Å². The summed E-state index contributed by atoms with van der Waals surface area (Å²) >= 11 is 0. The number of halogens is 3. The van der Waals surface area contributed by atoms with Crippen LogP contribution < -0.4 is 10.6 Å². The van der Waals surface area contributed by atoms with Crippen molar-refractivity contribution in [1.29, 1.82) is 0 Å². The minimum Gasteiger partial charge on any atom is -0.340 e. The predicted octanol–water partition coefficient (Wildman–Crippen LogP) is 3.42. The van der Waals surface area contributed by atoms with E-state index in [1.165, 1.54) is 24.3 Å². The van der Waals surface area contributed by atoms with Crippen LogP contribution >= 0.6 is 12.4 Å². The Balaban J connectivity index is 0.00000256. The Bertz CT molecular complexity index is 926. The van der Waals surface area contributed by atoms with Gasteiger partial charge in [0.25, 0.3) is 5.91 Å². The summed E-state index contributed by atoms with van der Waals surface area (Å²) in [6.45, 7) is 1.81. The Labute approximate surface area is 179 Å². The minimum atomic E-state index is -0.576. The molecule has 4 rings (SSSR count). The lowest BCUT2D eigenvalue weighted by molar-refractivity contribution is 0.0938. The van der Waals surface area contributed by atoms with Gasteiger partial charge in [-0.15, -0.1) is 17.5 Å². The third-order valence-corrected chi connectivity index (χ3v) is 5.11. The van der Waals surface area contributed by atoms with E-state index in [9.17, 15) is 13.6 Å². The second-order valence-corrected chi connectivity index (χ2v) is 7.07. The predicted molar refractivity (Wildman–Crippen MR) is 111 cm³/mol. The molecule has 0 bridgehead atoms. The van der Waals surface area contributed by atoms with E-state index in [4.69, 9.17) is 0 Å². The summed E-state index contributed by atoms with van der Waals surface area (Å²) in [7, 11) is 0. The fourth-order valence-electron chi connectivity index (χ4n) is 3.51. The van der Waals surface area contributed by atoms with Crippen LogP contribution in [0.25, 0.3) is 0 Å². The van der Waals surface area contributed by atoms with Gasteiger partial charge in [0.05, 0.1) is 18.3 Å². The molecule has 1 saturated heterocycles. The molecule has 0 spiro atoms. The summed E-state index contributed by atoms with van der Waals surface area (Å²) in [5.41, 5.74) is 1.56. The van der Waals surface area contributed by atoms with E-state index in [1.54, 1.807) is 35.1 Å². The summed E-state index contributed by atoms with van der Waals surface area (Å²) in [5, 5.41) is 14.3. The van der Waals surface area contributed by atoms with E-state index >= 15 is 0 Å². The Morgan fingerprint density at radius 1 is 1.00 bits per heavy atom. The maximum atomic E-state index is 13.4. The van der Waals surface area contributed by atoms with Gasteiger partial charge in [-0.2, -0.15) is 0 Å². The van der Waals surface area contributed by atoms with Crippen molar-refractivity contribution < 1.29 is 13.6 Å². The van der Waals surface area contributed by atoms with Crippen LogP contribution in [0, 0.1) is 11.6 Å². The molecule has 2 heterocycles. The normalized spacial score (nSPS) is 14.4. The van der Waals surface area contributed by atoms with Gasteiger partial charge in [-0.25, -0.2) is 13.5 Å². The molecule has 1 aromatic heterocycles. The van der Waals surface area contributed by atoms with Crippen LogP contribution in [-0.4, -0.2) is 34.0 Å². The molecule has 3 aromatic rings. The summed E-state index contributed by atoms with van der Waals surface area (Å²) < 4.78 is 28.4. The SMILES string of the molecule is Cl.O=C(NC(c1ccc(F)cc1)c1ccc(F)cc1)c1cn(C2CCNCC2)nn1. The van der Waals surface area contributed by atoms with Gasteiger partial charge in [-0.1, -0.05) is 29.5 Å². The zero-order valence-corrected chi connectivity index (χ0v) is 16.9. The summed E-state index contributed by atoms with van der Waals surface area (Å²) in [6, 6.07) is 11.3. The highest BCUT2D eigenvalue weighted by atomic mass is 35.5. The van der Waals surface area contributed by atoms with E-state index in [0.29, 0.717) is 11.1 Å². The number of hydrogen-bond donors (Lipinski definition) is 2. The van der Waals surface area contributed by atoms with Crippen molar-refractivity contribution in [3.05, 3.63) is 83.2 Å². The van der Waals surface area contributed by atoms with E-state index in [1.807, 2.05) is 0 Å². The van der Waals surface area contributed by atoms with Crippen LogP contribution in [0.1, 0.15) is 46.5 Å². The highest BCUT2D eigenvalue weighted by Gasteiger charge is 2.22. The van der Waals surface area contributed by atoms with Gasteiger partial charge in [0, 0.05) is 0 Å². The fourth-order valence-corrected chi connectivity index (χ4v) is 3.51. The number of rotatable bonds is 5. The van der Waals surface area contributed by atoms with Gasteiger partial charge < -0.3 is 10.6 Å². The Morgan fingerprint density at radius 2 is 1.53 bits per heavy atom. The Hall–Kier alpha value is -2.84. The average Bonchev–Trinajstić information content (AvgIpc) is 3.25. The van der Waals surface area contributed by atoms with Crippen molar-refractivity contribution >= 4 is 18.3 Å². The summed E-state index contributed by atoms with van der Waals surface area (Å²) in [5.74, 6) is -1.14. The third-order valence-electron chi connectivity index (χ3n) is 5.11. The molecule has 9 heteroatoms. The van der Waals surface area contributed by atoms with Gasteiger partial charge >= 0.3 is 0 Å². The molecule has 158 valence electrons. The number of carbonyl (C=O) groups is 1. The van der Waals surface area contributed by atoms with Crippen LogP contribution in [0.15, 0.2) is 54.7 Å². The van der Waals surface area contributed by atoms with E-state index in [2.05, 4.69) is 20.9 Å². The first-order chi connectivity index (χ1) is 14.1. The zero-order valence-electron chi connectivity index (χ0n) is 16.1. The summed E-state index contributed by atoms with van der Waals surface area (Å²) in [6.07, 6.45) is 3.51. The number of nitrogens with one attached hydrogen (secondary N) is 2. The lowest BCUT2D eigenvalue weighted by atomic mass is 9.98. The first-order valence-electron chi connectivity index (χ1n) is 9.54. The molecule has 1 amide bonds. The molecule has 2 aromatic carbocycles.